The molecule has 1 N–H and O–H groups in total. The van der Waals surface area contributed by atoms with Crippen LogP contribution in [0.15, 0.2) is 23.2 Å². The minimum atomic E-state index is -3.44. The molecule has 1 fully saturated rings. The lowest BCUT2D eigenvalue weighted by Crippen LogP contribution is -2.43. The molecule has 1 aliphatic rings. The van der Waals surface area contributed by atoms with E-state index >= 15 is 0 Å². The first-order valence-electron chi connectivity index (χ1n) is 6.64. The van der Waals surface area contributed by atoms with Crippen molar-refractivity contribution in [1.29, 1.82) is 0 Å². The minimum absolute atomic E-state index is 0.178. The molecular formula is C13H21N3O3S. The van der Waals surface area contributed by atoms with Crippen molar-refractivity contribution in [2.75, 3.05) is 32.1 Å². The molecular weight excluding hydrogens is 278 g/mol. The molecule has 0 radical (unpaired) electrons. The molecule has 112 valence electrons. The molecule has 0 saturated carbocycles. The highest BCUT2D eigenvalue weighted by atomic mass is 32.2. The molecule has 2 rings (SSSR count). The minimum Gasteiger partial charge on any atom is -0.391 e. The standard InChI is InChI=1S/C13H21N3O3S/c1-10-6-7-16(9-12(10)17)13-5-4-11(8-14-13)20(18,19)15(2)3/h4-5,8,10,12,17H,6-7,9H2,1-3H3. The molecule has 0 aromatic carbocycles. The van der Waals surface area contributed by atoms with Crippen molar-refractivity contribution in [3.63, 3.8) is 0 Å². The van der Waals surface area contributed by atoms with Gasteiger partial charge in [-0.15, -0.1) is 0 Å². The highest BCUT2D eigenvalue weighted by Crippen LogP contribution is 2.23. The van der Waals surface area contributed by atoms with Crippen LogP contribution in [0.3, 0.4) is 0 Å². The van der Waals surface area contributed by atoms with Gasteiger partial charge >= 0.3 is 0 Å². The highest BCUT2D eigenvalue weighted by Gasteiger charge is 2.25. The van der Waals surface area contributed by atoms with Gasteiger partial charge in [0.1, 0.15) is 10.7 Å². The van der Waals surface area contributed by atoms with Gasteiger partial charge in [-0.3, -0.25) is 0 Å². The Balaban J connectivity index is 2.17. The van der Waals surface area contributed by atoms with Crippen LogP contribution in [0, 0.1) is 5.92 Å². The van der Waals surface area contributed by atoms with E-state index in [1.165, 1.54) is 20.3 Å². The third-order valence-corrected chi connectivity index (χ3v) is 5.54. The molecule has 0 aliphatic carbocycles. The number of hydrogen-bond acceptors (Lipinski definition) is 5. The van der Waals surface area contributed by atoms with Crippen LogP contribution in [0.1, 0.15) is 13.3 Å². The smallest absolute Gasteiger partial charge is 0.244 e. The van der Waals surface area contributed by atoms with Crippen molar-refractivity contribution in [2.24, 2.45) is 5.92 Å². The number of piperidine rings is 1. The number of anilines is 1. The number of nitrogens with zero attached hydrogens (tertiary/aromatic N) is 3. The van der Waals surface area contributed by atoms with Gasteiger partial charge in [0, 0.05) is 33.4 Å². The Morgan fingerprint density at radius 3 is 2.60 bits per heavy atom. The van der Waals surface area contributed by atoms with E-state index in [1.807, 2.05) is 11.8 Å². The number of aliphatic hydroxyl groups is 1. The van der Waals surface area contributed by atoms with Gasteiger partial charge in [-0.25, -0.2) is 17.7 Å². The quantitative estimate of drug-likeness (QED) is 0.882. The summed E-state index contributed by atoms with van der Waals surface area (Å²) in [5.41, 5.74) is 0. The van der Waals surface area contributed by atoms with Crippen LogP contribution in [0.2, 0.25) is 0 Å². The number of pyridine rings is 1. The van der Waals surface area contributed by atoms with Crippen molar-refractivity contribution in [3.05, 3.63) is 18.3 Å². The zero-order valence-corrected chi connectivity index (χ0v) is 12.8. The van der Waals surface area contributed by atoms with E-state index in [9.17, 15) is 13.5 Å². The van der Waals surface area contributed by atoms with Crippen LogP contribution in [0.25, 0.3) is 0 Å². The molecule has 1 saturated heterocycles. The lowest BCUT2D eigenvalue weighted by atomic mass is 9.96. The topological polar surface area (TPSA) is 73.7 Å². The predicted molar refractivity (Wildman–Crippen MR) is 77.1 cm³/mol. The van der Waals surface area contributed by atoms with Crippen LogP contribution in [-0.4, -0.2) is 56.1 Å². The SMILES string of the molecule is CC1CCN(c2ccc(S(=O)(=O)N(C)C)cn2)CC1O. The zero-order valence-electron chi connectivity index (χ0n) is 12.0. The second-order valence-corrected chi connectivity index (χ2v) is 7.57. The summed E-state index contributed by atoms with van der Waals surface area (Å²) < 4.78 is 25.1. The van der Waals surface area contributed by atoms with E-state index in [4.69, 9.17) is 0 Å². The summed E-state index contributed by atoms with van der Waals surface area (Å²) in [6.45, 7) is 3.39. The fourth-order valence-electron chi connectivity index (χ4n) is 2.18. The molecule has 7 heteroatoms. The van der Waals surface area contributed by atoms with Gasteiger partial charge in [-0.05, 0) is 24.5 Å². The number of hydrogen-bond donors (Lipinski definition) is 1. The summed E-state index contributed by atoms with van der Waals surface area (Å²) in [6.07, 6.45) is 1.91. The van der Waals surface area contributed by atoms with Crippen LogP contribution in [-0.2, 0) is 10.0 Å². The molecule has 0 amide bonds. The number of aliphatic hydroxyl groups excluding tert-OH is 1. The maximum atomic E-state index is 11.9. The first-order chi connectivity index (χ1) is 9.32. The molecule has 1 aromatic heterocycles. The zero-order chi connectivity index (χ0) is 14.9. The van der Waals surface area contributed by atoms with Crippen molar-refractivity contribution < 1.29 is 13.5 Å². The Bertz CT molecular complexity index is 557. The molecule has 2 heterocycles. The monoisotopic (exact) mass is 299 g/mol. The Kier molecular flexibility index (Phi) is 4.31. The third-order valence-electron chi connectivity index (χ3n) is 3.74. The van der Waals surface area contributed by atoms with Crippen molar-refractivity contribution >= 4 is 15.8 Å². The molecule has 1 aromatic rings. The van der Waals surface area contributed by atoms with E-state index in [1.54, 1.807) is 12.1 Å². The average molecular weight is 299 g/mol. The lowest BCUT2D eigenvalue weighted by molar-refractivity contribution is 0.102. The second kappa shape index (κ2) is 5.67. The molecule has 2 atom stereocenters. The van der Waals surface area contributed by atoms with Gasteiger partial charge in [-0.1, -0.05) is 6.92 Å². The number of sulfonamides is 1. The Labute approximate surface area is 120 Å². The average Bonchev–Trinajstić information content (AvgIpc) is 2.42. The van der Waals surface area contributed by atoms with Crippen LogP contribution in [0.5, 0.6) is 0 Å². The molecule has 20 heavy (non-hydrogen) atoms. The summed E-state index contributed by atoms with van der Waals surface area (Å²) >= 11 is 0. The van der Waals surface area contributed by atoms with Crippen LogP contribution in [0.4, 0.5) is 5.82 Å². The van der Waals surface area contributed by atoms with Gasteiger partial charge in [-0.2, -0.15) is 0 Å². The molecule has 2 unspecified atom stereocenters. The van der Waals surface area contributed by atoms with E-state index in [-0.39, 0.29) is 11.0 Å². The first-order valence-corrected chi connectivity index (χ1v) is 8.08. The fraction of sp³-hybridized carbons (Fsp3) is 0.615. The van der Waals surface area contributed by atoms with Gasteiger partial charge in [0.05, 0.1) is 6.10 Å². The van der Waals surface area contributed by atoms with Gasteiger partial charge in [0.15, 0.2) is 0 Å². The third kappa shape index (κ3) is 2.94. The number of β-amino-alcohol motifs (C(OH)–C–C–N with tert-alkyl or cyclic N) is 1. The van der Waals surface area contributed by atoms with Gasteiger partial charge in [0.2, 0.25) is 10.0 Å². The van der Waals surface area contributed by atoms with Crippen molar-refractivity contribution in [1.82, 2.24) is 9.29 Å². The second-order valence-electron chi connectivity index (χ2n) is 5.42. The predicted octanol–water partition coefficient (Wildman–Crippen LogP) is 0.539. The van der Waals surface area contributed by atoms with E-state index in [2.05, 4.69) is 4.98 Å². The fourth-order valence-corrected chi connectivity index (χ4v) is 3.03. The molecule has 0 bridgehead atoms. The maximum Gasteiger partial charge on any atom is 0.244 e. The van der Waals surface area contributed by atoms with E-state index in [0.717, 1.165) is 17.3 Å². The highest BCUT2D eigenvalue weighted by molar-refractivity contribution is 7.89. The Morgan fingerprint density at radius 1 is 1.40 bits per heavy atom. The number of aromatic nitrogens is 1. The van der Waals surface area contributed by atoms with Crippen molar-refractivity contribution in [3.8, 4) is 0 Å². The molecule has 6 nitrogen and oxygen atoms in total. The maximum absolute atomic E-state index is 11.9. The van der Waals surface area contributed by atoms with Gasteiger partial charge < -0.3 is 10.0 Å². The van der Waals surface area contributed by atoms with E-state index < -0.39 is 10.0 Å². The Morgan fingerprint density at radius 2 is 2.10 bits per heavy atom. The summed E-state index contributed by atoms with van der Waals surface area (Å²) in [5, 5.41) is 9.89. The van der Waals surface area contributed by atoms with Crippen LogP contribution >= 0.6 is 0 Å². The summed E-state index contributed by atoms with van der Waals surface area (Å²) in [4.78, 5) is 6.38. The Hall–Kier alpha value is -1.18. The molecule has 0 spiro atoms. The summed E-state index contributed by atoms with van der Waals surface area (Å²) in [6, 6.07) is 3.25. The van der Waals surface area contributed by atoms with Gasteiger partial charge in [0.25, 0.3) is 0 Å². The first kappa shape index (κ1) is 15.2. The summed E-state index contributed by atoms with van der Waals surface area (Å²) in [5.74, 6) is 0.994. The molecule has 1 aliphatic heterocycles. The van der Waals surface area contributed by atoms with Crippen LogP contribution < -0.4 is 4.90 Å². The van der Waals surface area contributed by atoms with E-state index in [0.29, 0.717) is 18.3 Å². The number of rotatable bonds is 3. The largest absolute Gasteiger partial charge is 0.391 e. The van der Waals surface area contributed by atoms with Crippen molar-refractivity contribution in [2.45, 2.75) is 24.3 Å². The normalized spacial score (nSPS) is 24.1. The lowest BCUT2D eigenvalue weighted by Gasteiger charge is -2.35. The summed E-state index contributed by atoms with van der Waals surface area (Å²) in [7, 11) is -0.458.